The van der Waals surface area contributed by atoms with Crippen LogP contribution in [0.15, 0.2) is 18.2 Å². The zero-order chi connectivity index (χ0) is 12.7. The third-order valence-corrected chi connectivity index (χ3v) is 2.59. The van der Waals surface area contributed by atoms with Crippen LogP contribution in [0.3, 0.4) is 0 Å². The Morgan fingerprint density at radius 1 is 1.12 bits per heavy atom. The molecule has 1 N–H and O–H groups in total. The van der Waals surface area contributed by atoms with E-state index in [2.05, 4.69) is 12.4 Å². The summed E-state index contributed by atoms with van der Waals surface area (Å²) < 4.78 is 10.5. The molecule has 0 amide bonds. The van der Waals surface area contributed by atoms with E-state index in [1.807, 2.05) is 25.1 Å². The molecule has 0 heterocycles. The molecule has 0 saturated carbocycles. The van der Waals surface area contributed by atoms with Gasteiger partial charge >= 0.3 is 0 Å². The lowest BCUT2D eigenvalue weighted by Gasteiger charge is -2.18. The number of hydrogen-bond donors (Lipinski definition) is 1. The highest BCUT2D eigenvalue weighted by molar-refractivity contribution is 5.43. The Bertz CT molecular complexity index is 341. The second kappa shape index (κ2) is 7.14. The molecule has 1 atom stereocenters. The number of nitrogens with one attached hydrogen (secondary N) is 1. The molecule has 1 aromatic carbocycles. The van der Waals surface area contributed by atoms with Crippen molar-refractivity contribution in [2.24, 2.45) is 0 Å². The lowest BCUT2D eigenvalue weighted by molar-refractivity contribution is 0.0230. The third-order valence-electron chi connectivity index (χ3n) is 2.59. The molecule has 17 heavy (non-hydrogen) atoms. The minimum atomic E-state index is 0.162. The molecule has 1 rings (SSSR count). The molecule has 96 valence electrons. The number of hydroxylamine groups is 1. The van der Waals surface area contributed by atoms with Gasteiger partial charge in [-0.3, -0.25) is 0 Å². The van der Waals surface area contributed by atoms with Crippen LogP contribution in [0.5, 0.6) is 11.5 Å². The molecule has 0 bridgehead atoms. The van der Waals surface area contributed by atoms with Gasteiger partial charge in [-0.2, -0.15) is 5.48 Å². The zero-order valence-corrected chi connectivity index (χ0v) is 10.9. The number of rotatable bonds is 7. The van der Waals surface area contributed by atoms with E-state index in [1.54, 1.807) is 14.2 Å². The maximum absolute atomic E-state index is 5.28. The van der Waals surface area contributed by atoms with Crippen molar-refractivity contribution in [2.45, 2.75) is 26.3 Å². The average Bonchev–Trinajstić information content (AvgIpc) is 2.39. The van der Waals surface area contributed by atoms with Crippen molar-refractivity contribution < 1.29 is 14.3 Å². The molecule has 0 aromatic heterocycles. The second-order valence-electron chi connectivity index (χ2n) is 3.63. The van der Waals surface area contributed by atoms with Gasteiger partial charge < -0.3 is 14.3 Å². The van der Waals surface area contributed by atoms with E-state index < -0.39 is 0 Å². The predicted molar refractivity (Wildman–Crippen MR) is 67.3 cm³/mol. The summed E-state index contributed by atoms with van der Waals surface area (Å²) in [7, 11) is 3.27. The maximum atomic E-state index is 5.28. The fourth-order valence-electron chi connectivity index (χ4n) is 1.64. The summed E-state index contributed by atoms with van der Waals surface area (Å²) in [5.41, 5.74) is 4.15. The maximum Gasteiger partial charge on any atom is 0.161 e. The molecular weight excluding hydrogens is 218 g/mol. The van der Waals surface area contributed by atoms with Crippen LogP contribution < -0.4 is 15.0 Å². The molecule has 0 fully saturated rings. The molecular formula is C13H21NO3. The van der Waals surface area contributed by atoms with Crippen LogP contribution in [-0.2, 0) is 4.84 Å². The molecule has 1 unspecified atom stereocenters. The minimum absolute atomic E-state index is 0.162. The van der Waals surface area contributed by atoms with Crippen LogP contribution in [0.1, 0.15) is 31.9 Å². The first kappa shape index (κ1) is 13.8. The van der Waals surface area contributed by atoms with E-state index in [0.29, 0.717) is 6.61 Å². The number of methoxy groups -OCH3 is 2. The third kappa shape index (κ3) is 3.61. The van der Waals surface area contributed by atoms with Crippen LogP contribution in [0.25, 0.3) is 0 Å². The smallest absolute Gasteiger partial charge is 0.161 e. The van der Waals surface area contributed by atoms with E-state index in [9.17, 15) is 0 Å². The average molecular weight is 239 g/mol. The normalized spacial score (nSPS) is 12.2. The van der Waals surface area contributed by atoms with E-state index in [-0.39, 0.29) is 6.04 Å². The fourth-order valence-corrected chi connectivity index (χ4v) is 1.64. The van der Waals surface area contributed by atoms with Gasteiger partial charge in [-0.25, -0.2) is 0 Å². The predicted octanol–water partition coefficient (Wildman–Crippen LogP) is 2.70. The molecule has 4 heteroatoms. The van der Waals surface area contributed by atoms with Crippen LogP contribution >= 0.6 is 0 Å². The molecule has 0 aliphatic carbocycles. The highest BCUT2D eigenvalue weighted by Crippen LogP contribution is 2.30. The van der Waals surface area contributed by atoms with Crippen LogP contribution in [-0.4, -0.2) is 20.8 Å². The number of benzene rings is 1. The minimum Gasteiger partial charge on any atom is -0.493 e. The highest BCUT2D eigenvalue weighted by Gasteiger charge is 2.12. The van der Waals surface area contributed by atoms with E-state index in [4.69, 9.17) is 14.3 Å². The summed E-state index contributed by atoms with van der Waals surface area (Å²) in [6.07, 6.45) is 0.940. The summed E-state index contributed by atoms with van der Waals surface area (Å²) in [5, 5.41) is 0. The van der Waals surface area contributed by atoms with Gasteiger partial charge in [0.05, 0.1) is 26.9 Å². The van der Waals surface area contributed by atoms with E-state index >= 15 is 0 Å². The van der Waals surface area contributed by atoms with Crippen LogP contribution in [0.4, 0.5) is 0 Å². The van der Waals surface area contributed by atoms with Gasteiger partial charge in [0.2, 0.25) is 0 Å². The van der Waals surface area contributed by atoms with Gasteiger partial charge in [0.15, 0.2) is 11.5 Å². The Morgan fingerprint density at radius 2 is 1.82 bits per heavy atom. The number of hydrogen-bond acceptors (Lipinski definition) is 4. The quantitative estimate of drug-likeness (QED) is 0.743. The summed E-state index contributed by atoms with van der Waals surface area (Å²) >= 11 is 0. The summed E-state index contributed by atoms with van der Waals surface area (Å²) in [5.74, 6) is 1.48. The Kier molecular flexibility index (Phi) is 5.80. The Morgan fingerprint density at radius 3 is 2.35 bits per heavy atom. The first-order valence-electron chi connectivity index (χ1n) is 5.86. The molecule has 0 spiro atoms. The number of ether oxygens (including phenoxy) is 2. The zero-order valence-electron chi connectivity index (χ0n) is 10.9. The first-order valence-corrected chi connectivity index (χ1v) is 5.86. The van der Waals surface area contributed by atoms with Crippen molar-refractivity contribution in [2.75, 3.05) is 20.8 Å². The lowest BCUT2D eigenvalue weighted by Crippen LogP contribution is -2.21. The van der Waals surface area contributed by atoms with Crippen molar-refractivity contribution in [1.82, 2.24) is 5.48 Å². The summed E-state index contributed by atoms with van der Waals surface area (Å²) in [4.78, 5) is 5.25. The molecule has 0 aliphatic heterocycles. The Balaban J connectivity index is 2.88. The van der Waals surface area contributed by atoms with Crippen molar-refractivity contribution >= 4 is 0 Å². The molecule has 0 aliphatic rings. The molecule has 0 radical (unpaired) electrons. The van der Waals surface area contributed by atoms with Crippen molar-refractivity contribution in [1.29, 1.82) is 0 Å². The fraction of sp³-hybridized carbons (Fsp3) is 0.538. The lowest BCUT2D eigenvalue weighted by atomic mass is 10.0. The Labute approximate surface area is 103 Å². The Hall–Kier alpha value is -1.26. The van der Waals surface area contributed by atoms with E-state index in [1.165, 1.54) is 0 Å². The topological polar surface area (TPSA) is 39.7 Å². The monoisotopic (exact) mass is 239 g/mol. The van der Waals surface area contributed by atoms with Crippen molar-refractivity contribution in [3.05, 3.63) is 23.8 Å². The van der Waals surface area contributed by atoms with Gasteiger partial charge in [0.25, 0.3) is 0 Å². The molecule has 4 nitrogen and oxygen atoms in total. The molecule has 0 saturated heterocycles. The standard InChI is InChI=1S/C13H21NO3/c1-5-11(14-17-6-2)10-7-8-12(15-3)13(9-10)16-4/h7-9,11,14H,5-6H2,1-4H3. The van der Waals surface area contributed by atoms with Crippen LogP contribution in [0.2, 0.25) is 0 Å². The van der Waals surface area contributed by atoms with Gasteiger partial charge in [-0.05, 0) is 31.0 Å². The summed E-state index contributed by atoms with van der Waals surface area (Å²) in [6.45, 7) is 4.70. The SMILES string of the molecule is CCONC(CC)c1ccc(OC)c(OC)c1. The van der Waals surface area contributed by atoms with Gasteiger partial charge in [0.1, 0.15) is 0 Å². The largest absolute Gasteiger partial charge is 0.493 e. The molecule has 1 aromatic rings. The van der Waals surface area contributed by atoms with Crippen molar-refractivity contribution in [3.8, 4) is 11.5 Å². The second-order valence-corrected chi connectivity index (χ2v) is 3.63. The van der Waals surface area contributed by atoms with Gasteiger partial charge in [0, 0.05) is 0 Å². The summed E-state index contributed by atoms with van der Waals surface area (Å²) in [6, 6.07) is 6.06. The van der Waals surface area contributed by atoms with Crippen LogP contribution in [0, 0.1) is 0 Å². The van der Waals surface area contributed by atoms with Gasteiger partial charge in [-0.1, -0.05) is 13.0 Å². The van der Waals surface area contributed by atoms with E-state index in [0.717, 1.165) is 23.5 Å². The van der Waals surface area contributed by atoms with Gasteiger partial charge in [-0.15, -0.1) is 0 Å². The van der Waals surface area contributed by atoms with Crippen molar-refractivity contribution in [3.63, 3.8) is 0 Å². The first-order chi connectivity index (χ1) is 8.26. The highest BCUT2D eigenvalue weighted by atomic mass is 16.6.